The largest absolute Gasteiger partial charge is 0.0651 e. The molecule has 2 bridgehead atoms. The Morgan fingerprint density at radius 1 is 1.11 bits per heavy atom. The lowest BCUT2D eigenvalue weighted by Crippen LogP contribution is -2.27. The van der Waals surface area contributed by atoms with Gasteiger partial charge in [-0.15, -0.1) is 0 Å². The van der Waals surface area contributed by atoms with E-state index >= 15 is 0 Å². The first-order valence-electron chi connectivity index (χ1n) is 8.33. The summed E-state index contributed by atoms with van der Waals surface area (Å²) in [4.78, 5) is 0. The van der Waals surface area contributed by atoms with Crippen LogP contribution in [0.5, 0.6) is 0 Å². The van der Waals surface area contributed by atoms with Gasteiger partial charge in [-0.1, -0.05) is 50.6 Å². The molecule has 1 aromatic rings. The molecule has 0 spiro atoms. The van der Waals surface area contributed by atoms with Crippen LogP contribution in [-0.4, -0.2) is 0 Å². The summed E-state index contributed by atoms with van der Waals surface area (Å²) in [6.07, 6.45) is 8.66. The van der Waals surface area contributed by atoms with Gasteiger partial charge in [-0.2, -0.15) is 0 Å². The molecule has 0 heterocycles. The highest BCUT2D eigenvalue weighted by molar-refractivity contribution is 5.14. The number of aryl methyl sites for hydroxylation is 1. The van der Waals surface area contributed by atoms with Gasteiger partial charge >= 0.3 is 0 Å². The predicted octanol–water partition coefficient (Wildman–Crippen LogP) is 5.33. The highest BCUT2D eigenvalue weighted by Crippen LogP contribution is 2.55. The molecule has 3 rings (SSSR count). The molecule has 0 heteroatoms. The Balaban J connectivity index is 1.62. The summed E-state index contributed by atoms with van der Waals surface area (Å²) in [7, 11) is 0. The molecule has 0 aromatic heterocycles. The fourth-order valence-electron chi connectivity index (χ4n) is 5.10. The van der Waals surface area contributed by atoms with Gasteiger partial charge in [0.1, 0.15) is 0 Å². The van der Waals surface area contributed by atoms with Crippen molar-refractivity contribution in [2.45, 2.75) is 52.4 Å². The minimum Gasteiger partial charge on any atom is -0.0651 e. The molecule has 2 saturated carbocycles. The van der Waals surface area contributed by atoms with Crippen LogP contribution in [0.2, 0.25) is 0 Å². The first-order chi connectivity index (χ1) is 9.29. The van der Waals surface area contributed by atoms with E-state index in [0.717, 1.165) is 29.6 Å². The van der Waals surface area contributed by atoms with Crippen LogP contribution in [0.4, 0.5) is 0 Å². The molecule has 0 aliphatic heterocycles. The summed E-state index contributed by atoms with van der Waals surface area (Å²) < 4.78 is 0. The van der Waals surface area contributed by atoms with E-state index in [1.807, 2.05) is 0 Å². The Bertz CT molecular complexity index is 392. The summed E-state index contributed by atoms with van der Waals surface area (Å²) in [5.41, 5.74) is 1.52. The van der Waals surface area contributed by atoms with Crippen molar-refractivity contribution in [1.29, 1.82) is 0 Å². The fourth-order valence-corrected chi connectivity index (χ4v) is 5.10. The van der Waals surface area contributed by atoms with Crippen LogP contribution < -0.4 is 0 Å². The quantitative estimate of drug-likeness (QED) is 0.668. The zero-order valence-electron chi connectivity index (χ0n) is 12.5. The minimum absolute atomic E-state index is 0.963. The van der Waals surface area contributed by atoms with Gasteiger partial charge in [0.05, 0.1) is 0 Å². The van der Waals surface area contributed by atoms with E-state index in [1.54, 1.807) is 6.42 Å². The van der Waals surface area contributed by atoms with Gasteiger partial charge < -0.3 is 0 Å². The predicted molar refractivity (Wildman–Crippen MR) is 82.0 cm³/mol. The topological polar surface area (TPSA) is 0 Å². The van der Waals surface area contributed by atoms with Crippen LogP contribution in [0.15, 0.2) is 30.3 Å². The second kappa shape index (κ2) is 5.69. The standard InChI is InChI=1S/C19H28/c1-3-16(10-9-15-7-5-4-6-8-15)19-14(2)17-11-12-18(19)13-17/h4-8,14,16-19H,3,9-13H2,1-2H3. The van der Waals surface area contributed by atoms with Crippen molar-refractivity contribution in [2.24, 2.45) is 29.6 Å². The zero-order chi connectivity index (χ0) is 13.2. The van der Waals surface area contributed by atoms with Gasteiger partial charge in [-0.05, 0) is 67.3 Å². The highest BCUT2D eigenvalue weighted by atomic mass is 14.5. The van der Waals surface area contributed by atoms with Crippen LogP contribution in [0.3, 0.4) is 0 Å². The minimum atomic E-state index is 0.963. The first kappa shape index (κ1) is 13.2. The van der Waals surface area contributed by atoms with Crippen LogP contribution in [0.1, 0.15) is 51.5 Å². The molecular formula is C19H28. The Morgan fingerprint density at radius 3 is 2.47 bits per heavy atom. The maximum Gasteiger partial charge on any atom is -0.0276 e. The Kier molecular flexibility index (Phi) is 3.96. The number of hydrogen-bond acceptors (Lipinski definition) is 0. The van der Waals surface area contributed by atoms with E-state index in [9.17, 15) is 0 Å². The van der Waals surface area contributed by atoms with Crippen molar-refractivity contribution in [3.63, 3.8) is 0 Å². The molecule has 0 saturated heterocycles. The average Bonchev–Trinajstić information content (AvgIpc) is 3.03. The van der Waals surface area contributed by atoms with Gasteiger partial charge in [0.25, 0.3) is 0 Å². The van der Waals surface area contributed by atoms with E-state index in [0.29, 0.717) is 0 Å². The maximum atomic E-state index is 2.54. The van der Waals surface area contributed by atoms with E-state index in [4.69, 9.17) is 0 Å². The van der Waals surface area contributed by atoms with Crippen LogP contribution in [0, 0.1) is 29.6 Å². The Hall–Kier alpha value is -0.780. The third-order valence-corrected chi connectivity index (χ3v) is 6.12. The molecule has 1 aromatic carbocycles. The van der Waals surface area contributed by atoms with Crippen molar-refractivity contribution in [2.75, 3.05) is 0 Å². The third kappa shape index (κ3) is 2.59. The second-order valence-corrected chi connectivity index (χ2v) is 6.96. The molecule has 5 atom stereocenters. The Labute approximate surface area is 118 Å². The normalized spacial score (nSPS) is 34.6. The lowest BCUT2D eigenvalue weighted by atomic mass is 9.70. The smallest absolute Gasteiger partial charge is 0.0276 e. The van der Waals surface area contributed by atoms with E-state index < -0.39 is 0 Å². The maximum absolute atomic E-state index is 2.54. The van der Waals surface area contributed by atoms with Crippen molar-refractivity contribution >= 4 is 0 Å². The molecular weight excluding hydrogens is 228 g/mol. The summed E-state index contributed by atoms with van der Waals surface area (Å²) in [5, 5.41) is 0. The Morgan fingerprint density at radius 2 is 1.84 bits per heavy atom. The number of hydrogen-bond donors (Lipinski definition) is 0. The summed E-state index contributed by atoms with van der Waals surface area (Å²) in [6.45, 7) is 4.95. The van der Waals surface area contributed by atoms with Gasteiger partial charge in [0.2, 0.25) is 0 Å². The van der Waals surface area contributed by atoms with Crippen LogP contribution in [-0.2, 0) is 6.42 Å². The molecule has 0 N–H and O–H groups in total. The second-order valence-electron chi connectivity index (χ2n) is 6.96. The first-order valence-corrected chi connectivity index (χ1v) is 8.33. The van der Waals surface area contributed by atoms with E-state index in [2.05, 4.69) is 44.2 Å². The molecule has 0 nitrogen and oxygen atoms in total. The third-order valence-electron chi connectivity index (χ3n) is 6.12. The van der Waals surface area contributed by atoms with E-state index in [1.165, 1.54) is 37.7 Å². The number of benzene rings is 1. The lowest BCUT2D eigenvalue weighted by Gasteiger charge is -2.35. The molecule has 2 aliphatic rings. The monoisotopic (exact) mass is 256 g/mol. The fraction of sp³-hybridized carbons (Fsp3) is 0.684. The molecule has 104 valence electrons. The van der Waals surface area contributed by atoms with Crippen molar-refractivity contribution < 1.29 is 0 Å². The van der Waals surface area contributed by atoms with Crippen molar-refractivity contribution in [1.82, 2.24) is 0 Å². The molecule has 0 amide bonds. The number of fused-ring (bicyclic) bond motifs is 2. The molecule has 2 fully saturated rings. The van der Waals surface area contributed by atoms with Crippen LogP contribution >= 0.6 is 0 Å². The number of rotatable bonds is 5. The van der Waals surface area contributed by atoms with Gasteiger partial charge in [0.15, 0.2) is 0 Å². The summed E-state index contributed by atoms with van der Waals surface area (Å²) in [6, 6.07) is 11.1. The van der Waals surface area contributed by atoms with Crippen LogP contribution in [0.25, 0.3) is 0 Å². The van der Waals surface area contributed by atoms with Crippen molar-refractivity contribution in [3.05, 3.63) is 35.9 Å². The van der Waals surface area contributed by atoms with Gasteiger partial charge in [-0.3, -0.25) is 0 Å². The zero-order valence-corrected chi connectivity index (χ0v) is 12.5. The summed E-state index contributed by atoms with van der Waals surface area (Å²) in [5.74, 6) is 5.14. The van der Waals surface area contributed by atoms with Crippen molar-refractivity contribution in [3.8, 4) is 0 Å². The SMILES string of the molecule is CCC(CCc1ccccc1)C1C2CCC(C2)C1C. The lowest BCUT2D eigenvalue weighted by molar-refractivity contribution is 0.148. The van der Waals surface area contributed by atoms with Gasteiger partial charge in [-0.25, -0.2) is 0 Å². The van der Waals surface area contributed by atoms with Gasteiger partial charge in [0, 0.05) is 0 Å². The average molecular weight is 256 g/mol. The molecule has 0 radical (unpaired) electrons. The molecule has 5 unspecified atom stereocenters. The molecule has 19 heavy (non-hydrogen) atoms. The van der Waals surface area contributed by atoms with E-state index in [-0.39, 0.29) is 0 Å². The molecule has 2 aliphatic carbocycles. The summed E-state index contributed by atoms with van der Waals surface area (Å²) >= 11 is 0. The highest BCUT2D eigenvalue weighted by Gasteiger charge is 2.47.